The van der Waals surface area contributed by atoms with Crippen molar-refractivity contribution in [2.75, 3.05) is 0 Å². The fourth-order valence-corrected chi connectivity index (χ4v) is 3.91. The van der Waals surface area contributed by atoms with Crippen LogP contribution in [0.3, 0.4) is 0 Å². The Morgan fingerprint density at radius 2 is 1.91 bits per heavy atom. The Morgan fingerprint density at radius 1 is 1.27 bits per heavy atom. The summed E-state index contributed by atoms with van der Waals surface area (Å²) >= 11 is 3.78. The summed E-state index contributed by atoms with van der Waals surface area (Å²) in [6.45, 7) is 7.30. The number of hydrogen-bond acceptors (Lipinski definition) is 0. The molecule has 0 spiro atoms. The molecule has 0 aromatic carbocycles. The van der Waals surface area contributed by atoms with E-state index in [1.807, 2.05) is 0 Å². The number of halogens is 1. The first kappa shape index (κ1) is 8.10. The molecule has 0 saturated heterocycles. The molecule has 3 aliphatic carbocycles. The predicted octanol–water partition coefficient (Wildman–Crippen LogP) is 3.45. The summed E-state index contributed by atoms with van der Waals surface area (Å²) in [4.78, 5) is 0.805. The molecule has 0 radical (unpaired) electrons. The third kappa shape index (κ3) is 0.929. The van der Waals surface area contributed by atoms with Crippen molar-refractivity contribution >= 4 is 15.9 Å². The highest BCUT2D eigenvalue weighted by atomic mass is 79.9. The molecule has 4 atom stereocenters. The maximum atomic E-state index is 3.78. The third-order valence-corrected chi connectivity index (χ3v) is 5.47. The highest BCUT2D eigenvalue weighted by molar-refractivity contribution is 9.09. The molecule has 64 valence electrons. The van der Waals surface area contributed by atoms with E-state index in [9.17, 15) is 0 Å². The Balaban J connectivity index is 2.17. The molecule has 0 unspecified atom stereocenters. The SMILES string of the molecule is C[C@H]1[C@H](Br)C[C@@H]2C[C@H]1C2(C)C. The van der Waals surface area contributed by atoms with Gasteiger partial charge in [-0.3, -0.25) is 0 Å². The van der Waals surface area contributed by atoms with E-state index in [4.69, 9.17) is 0 Å². The summed E-state index contributed by atoms with van der Waals surface area (Å²) in [5, 5.41) is 0. The fourth-order valence-electron chi connectivity index (χ4n) is 3.09. The number of fused-ring (bicyclic) bond motifs is 2. The highest BCUT2D eigenvalue weighted by Crippen LogP contribution is 2.62. The van der Waals surface area contributed by atoms with Gasteiger partial charge in [0.1, 0.15) is 0 Å². The van der Waals surface area contributed by atoms with Crippen LogP contribution in [-0.4, -0.2) is 4.83 Å². The second-order valence-electron chi connectivity index (χ2n) is 4.97. The number of rotatable bonds is 0. The van der Waals surface area contributed by atoms with Crippen molar-refractivity contribution in [2.45, 2.75) is 38.4 Å². The van der Waals surface area contributed by atoms with Crippen LogP contribution in [0.25, 0.3) is 0 Å². The van der Waals surface area contributed by atoms with Crippen molar-refractivity contribution in [2.24, 2.45) is 23.2 Å². The lowest BCUT2D eigenvalue weighted by Gasteiger charge is -2.61. The molecule has 11 heavy (non-hydrogen) atoms. The minimum atomic E-state index is 0.656. The molecule has 0 nitrogen and oxygen atoms in total. The molecule has 3 fully saturated rings. The smallest absolute Gasteiger partial charge is 0.0177 e. The zero-order valence-corrected chi connectivity index (χ0v) is 9.19. The standard InChI is InChI=1S/C10H17Br/c1-6-8-4-7(5-9(6)11)10(8,2)3/h6-9H,4-5H2,1-3H3/t6-,7+,8-,9-/m1/s1. The van der Waals surface area contributed by atoms with Gasteiger partial charge in [-0.25, -0.2) is 0 Å². The van der Waals surface area contributed by atoms with Gasteiger partial charge in [0.15, 0.2) is 0 Å². The van der Waals surface area contributed by atoms with Crippen LogP contribution < -0.4 is 0 Å². The Morgan fingerprint density at radius 3 is 2.27 bits per heavy atom. The zero-order chi connectivity index (χ0) is 8.22. The average Bonchev–Trinajstić information content (AvgIpc) is 1.93. The molecule has 2 bridgehead atoms. The van der Waals surface area contributed by atoms with Crippen LogP contribution >= 0.6 is 15.9 Å². The van der Waals surface area contributed by atoms with Gasteiger partial charge in [0, 0.05) is 4.83 Å². The number of alkyl halides is 1. The van der Waals surface area contributed by atoms with Gasteiger partial charge < -0.3 is 0 Å². The topological polar surface area (TPSA) is 0 Å². The fraction of sp³-hybridized carbons (Fsp3) is 1.00. The molecular weight excluding hydrogens is 200 g/mol. The van der Waals surface area contributed by atoms with Crippen molar-refractivity contribution in [3.63, 3.8) is 0 Å². The van der Waals surface area contributed by atoms with Crippen LogP contribution in [0.2, 0.25) is 0 Å². The van der Waals surface area contributed by atoms with Gasteiger partial charge in [-0.2, -0.15) is 0 Å². The Labute approximate surface area is 77.9 Å². The van der Waals surface area contributed by atoms with E-state index in [0.29, 0.717) is 5.41 Å². The first-order valence-electron chi connectivity index (χ1n) is 4.67. The van der Waals surface area contributed by atoms with Crippen LogP contribution in [0.1, 0.15) is 33.6 Å². The molecular formula is C10H17Br. The van der Waals surface area contributed by atoms with E-state index in [0.717, 1.165) is 22.6 Å². The van der Waals surface area contributed by atoms with E-state index in [1.165, 1.54) is 12.8 Å². The van der Waals surface area contributed by atoms with Gasteiger partial charge in [-0.1, -0.05) is 36.7 Å². The predicted molar refractivity (Wildman–Crippen MR) is 51.9 cm³/mol. The maximum absolute atomic E-state index is 3.78. The van der Waals surface area contributed by atoms with E-state index in [1.54, 1.807) is 0 Å². The van der Waals surface area contributed by atoms with E-state index in [2.05, 4.69) is 36.7 Å². The zero-order valence-electron chi connectivity index (χ0n) is 7.60. The lowest BCUT2D eigenvalue weighted by Crippen LogP contribution is -2.55. The van der Waals surface area contributed by atoms with Crippen molar-refractivity contribution in [3.8, 4) is 0 Å². The molecule has 0 aromatic heterocycles. The van der Waals surface area contributed by atoms with Gasteiger partial charge >= 0.3 is 0 Å². The molecule has 0 amide bonds. The molecule has 3 rings (SSSR count). The summed E-state index contributed by atoms with van der Waals surface area (Å²) in [5.41, 5.74) is 0.656. The molecule has 0 N–H and O–H groups in total. The molecule has 0 aliphatic heterocycles. The summed E-state index contributed by atoms with van der Waals surface area (Å²) in [6.07, 6.45) is 2.90. The summed E-state index contributed by atoms with van der Waals surface area (Å²) < 4.78 is 0. The minimum absolute atomic E-state index is 0.656. The summed E-state index contributed by atoms with van der Waals surface area (Å²) in [7, 11) is 0. The van der Waals surface area contributed by atoms with Crippen LogP contribution in [-0.2, 0) is 0 Å². The highest BCUT2D eigenvalue weighted by Gasteiger charge is 2.55. The quantitative estimate of drug-likeness (QED) is 0.545. The molecule has 0 aromatic rings. The van der Waals surface area contributed by atoms with Crippen molar-refractivity contribution in [1.82, 2.24) is 0 Å². The average molecular weight is 217 g/mol. The molecule has 3 aliphatic rings. The monoisotopic (exact) mass is 216 g/mol. The second kappa shape index (κ2) is 2.25. The van der Waals surface area contributed by atoms with Crippen molar-refractivity contribution < 1.29 is 0 Å². The molecule has 0 heterocycles. The lowest BCUT2D eigenvalue weighted by atomic mass is 9.46. The Kier molecular flexibility index (Phi) is 1.65. The van der Waals surface area contributed by atoms with Gasteiger partial charge in [0.2, 0.25) is 0 Å². The van der Waals surface area contributed by atoms with Crippen molar-refractivity contribution in [1.29, 1.82) is 0 Å². The first-order chi connectivity index (χ1) is 5.03. The first-order valence-corrected chi connectivity index (χ1v) is 5.59. The molecule has 3 saturated carbocycles. The Bertz CT molecular complexity index is 174. The van der Waals surface area contributed by atoms with Gasteiger partial charge in [-0.15, -0.1) is 0 Å². The third-order valence-electron chi connectivity index (χ3n) is 4.26. The van der Waals surface area contributed by atoms with E-state index in [-0.39, 0.29) is 0 Å². The lowest BCUT2D eigenvalue weighted by molar-refractivity contribution is -0.0939. The number of hydrogen-bond donors (Lipinski definition) is 0. The second-order valence-corrected chi connectivity index (χ2v) is 6.15. The normalized spacial score (nSPS) is 53.5. The summed E-state index contributed by atoms with van der Waals surface area (Å²) in [5.74, 6) is 2.90. The van der Waals surface area contributed by atoms with E-state index >= 15 is 0 Å². The van der Waals surface area contributed by atoms with Crippen molar-refractivity contribution in [3.05, 3.63) is 0 Å². The summed E-state index contributed by atoms with van der Waals surface area (Å²) in [6, 6.07) is 0. The molecule has 1 heteroatoms. The van der Waals surface area contributed by atoms with Gasteiger partial charge in [0.25, 0.3) is 0 Å². The van der Waals surface area contributed by atoms with Gasteiger partial charge in [-0.05, 0) is 36.0 Å². The Hall–Kier alpha value is 0.480. The van der Waals surface area contributed by atoms with Crippen LogP contribution in [0.5, 0.6) is 0 Å². The minimum Gasteiger partial charge on any atom is -0.0888 e. The van der Waals surface area contributed by atoms with Crippen LogP contribution in [0.4, 0.5) is 0 Å². The largest absolute Gasteiger partial charge is 0.0888 e. The van der Waals surface area contributed by atoms with Crippen LogP contribution in [0.15, 0.2) is 0 Å². The maximum Gasteiger partial charge on any atom is 0.0177 e. The van der Waals surface area contributed by atoms with Gasteiger partial charge in [0.05, 0.1) is 0 Å². The van der Waals surface area contributed by atoms with Crippen LogP contribution in [0, 0.1) is 23.2 Å². The van der Waals surface area contributed by atoms with E-state index < -0.39 is 0 Å².